The van der Waals surface area contributed by atoms with Crippen molar-refractivity contribution in [3.8, 4) is 0 Å². The second-order valence-corrected chi connectivity index (χ2v) is 7.85. The Morgan fingerprint density at radius 2 is 1.95 bits per heavy atom. The molecule has 120 valence electrons. The average molecular weight is 293 g/mol. The Hall–Kier alpha value is -0.610. The Bertz CT molecular complexity index is 395. The lowest BCUT2D eigenvalue weighted by Gasteiger charge is -2.38. The molecule has 3 rings (SSSR count). The first-order chi connectivity index (χ1) is 10.00. The third-order valence-electron chi connectivity index (χ3n) is 6.08. The Balaban J connectivity index is 1.62. The molecule has 0 spiro atoms. The van der Waals surface area contributed by atoms with E-state index >= 15 is 0 Å². The van der Waals surface area contributed by atoms with Gasteiger partial charge in [0.15, 0.2) is 0 Å². The second kappa shape index (κ2) is 5.88. The van der Waals surface area contributed by atoms with Crippen molar-refractivity contribution in [2.45, 2.75) is 88.4 Å². The maximum atomic E-state index is 12.0. The first kappa shape index (κ1) is 15.3. The molecule has 4 atom stereocenters. The molecule has 0 heterocycles. The molecule has 0 aliphatic heterocycles. The summed E-state index contributed by atoms with van der Waals surface area (Å²) >= 11 is 0. The highest BCUT2D eigenvalue weighted by Crippen LogP contribution is 2.38. The summed E-state index contributed by atoms with van der Waals surface area (Å²) in [5.41, 5.74) is 5.32. The van der Waals surface area contributed by atoms with Crippen LogP contribution >= 0.6 is 0 Å². The standard InChI is InChI=1S/C17H31N3O/c1-12-4-3-5-14(10-12)20(2)15-8-9-17(11-15,16(18)21)19-13-6-7-13/h12-15,19H,3-11H2,1-2H3,(H2,18,21). The van der Waals surface area contributed by atoms with E-state index in [4.69, 9.17) is 5.73 Å². The van der Waals surface area contributed by atoms with Gasteiger partial charge in [0.25, 0.3) is 0 Å². The van der Waals surface area contributed by atoms with Gasteiger partial charge < -0.3 is 16.0 Å². The van der Waals surface area contributed by atoms with E-state index in [1.807, 2.05) is 0 Å². The van der Waals surface area contributed by atoms with Gasteiger partial charge in [0.05, 0.1) is 5.54 Å². The number of nitrogens with one attached hydrogen (secondary N) is 1. The molecule has 3 N–H and O–H groups in total. The quantitative estimate of drug-likeness (QED) is 0.815. The predicted octanol–water partition coefficient (Wildman–Crippen LogP) is 2.03. The van der Waals surface area contributed by atoms with Gasteiger partial charge in [0.2, 0.25) is 5.91 Å². The number of rotatable bonds is 5. The molecule has 1 amide bonds. The lowest BCUT2D eigenvalue weighted by molar-refractivity contribution is -0.124. The zero-order chi connectivity index (χ0) is 15.0. The van der Waals surface area contributed by atoms with E-state index in [-0.39, 0.29) is 5.91 Å². The van der Waals surface area contributed by atoms with Crippen LogP contribution in [-0.2, 0) is 4.79 Å². The molecule has 0 radical (unpaired) electrons. The highest BCUT2D eigenvalue weighted by Gasteiger charge is 2.48. The summed E-state index contributed by atoms with van der Waals surface area (Å²) in [6, 6.07) is 1.75. The molecular weight excluding hydrogens is 262 g/mol. The van der Waals surface area contributed by atoms with Crippen molar-refractivity contribution < 1.29 is 4.79 Å². The van der Waals surface area contributed by atoms with Crippen molar-refractivity contribution >= 4 is 5.91 Å². The average Bonchev–Trinajstić information content (AvgIpc) is 3.14. The lowest BCUT2D eigenvalue weighted by atomic mass is 9.85. The molecule has 0 aromatic heterocycles. The summed E-state index contributed by atoms with van der Waals surface area (Å²) in [4.78, 5) is 14.6. The SMILES string of the molecule is CC1CCCC(N(C)C2CCC(NC3CC3)(C(N)=O)C2)C1. The summed E-state index contributed by atoms with van der Waals surface area (Å²) in [7, 11) is 2.27. The van der Waals surface area contributed by atoms with Gasteiger partial charge in [-0.15, -0.1) is 0 Å². The Morgan fingerprint density at radius 1 is 1.19 bits per heavy atom. The number of hydrogen-bond acceptors (Lipinski definition) is 3. The van der Waals surface area contributed by atoms with Gasteiger partial charge in [-0.1, -0.05) is 19.8 Å². The van der Waals surface area contributed by atoms with Crippen LogP contribution in [0.3, 0.4) is 0 Å². The monoisotopic (exact) mass is 293 g/mol. The third-order valence-corrected chi connectivity index (χ3v) is 6.08. The third kappa shape index (κ3) is 3.26. The van der Waals surface area contributed by atoms with Gasteiger partial charge in [-0.3, -0.25) is 4.79 Å². The number of carbonyl (C=O) groups is 1. The number of hydrogen-bond donors (Lipinski definition) is 2. The van der Waals surface area contributed by atoms with Gasteiger partial charge in [-0.25, -0.2) is 0 Å². The van der Waals surface area contributed by atoms with Gasteiger partial charge in [-0.05, 0) is 57.9 Å². The predicted molar refractivity (Wildman–Crippen MR) is 84.9 cm³/mol. The summed E-state index contributed by atoms with van der Waals surface area (Å²) in [6.45, 7) is 2.37. The molecule has 0 bridgehead atoms. The van der Waals surface area contributed by atoms with Crippen LogP contribution in [0.2, 0.25) is 0 Å². The van der Waals surface area contributed by atoms with Gasteiger partial charge in [0, 0.05) is 18.1 Å². The second-order valence-electron chi connectivity index (χ2n) is 7.85. The van der Waals surface area contributed by atoms with Crippen LogP contribution in [0.4, 0.5) is 0 Å². The zero-order valence-corrected chi connectivity index (χ0v) is 13.6. The number of carbonyl (C=O) groups excluding carboxylic acids is 1. The van der Waals surface area contributed by atoms with Gasteiger partial charge >= 0.3 is 0 Å². The minimum absolute atomic E-state index is 0.137. The summed E-state index contributed by atoms with van der Waals surface area (Å²) in [5, 5.41) is 3.56. The Kier molecular flexibility index (Phi) is 4.28. The normalized spacial score (nSPS) is 40.6. The van der Waals surface area contributed by atoms with E-state index in [0.717, 1.165) is 25.2 Å². The van der Waals surface area contributed by atoms with Crippen molar-refractivity contribution in [3.05, 3.63) is 0 Å². The summed E-state index contributed by atoms with van der Waals surface area (Å²) in [5.74, 6) is 0.709. The maximum Gasteiger partial charge on any atom is 0.237 e. The Morgan fingerprint density at radius 3 is 2.57 bits per heavy atom. The number of amides is 1. The minimum Gasteiger partial charge on any atom is -0.368 e. The van der Waals surface area contributed by atoms with E-state index in [1.54, 1.807) is 0 Å². The fraction of sp³-hybridized carbons (Fsp3) is 0.941. The van der Waals surface area contributed by atoms with Crippen LogP contribution < -0.4 is 11.1 Å². The van der Waals surface area contributed by atoms with Crippen molar-refractivity contribution in [1.29, 1.82) is 0 Å². The fourth-order valence-corrected chi connectivity index (χ4v) is 4.48. The maximum absolute atomic E-state index is 12.0. The highest BCUT2D eigenvalue weighted by atomic mass is 16.1. The molecule has 0 saturated heterocycles. The smallest absolute Gasteiger partial charge is 0.237 e. The molecule has 3 saturated carbocycles. The van der Waals surface area contributed by atoms with Crippen LogP contribution in [-0.4, -0.2) is 41.5 Å². The van der Waals surface area contributed by atoms with Crippen LogP contribution in [0.25, 0.3) is 0 Å². The molecule has 3 fully saturated rings. The number of nitrogens with two attached hydrogens (primary N) is 1. The fourth-order valence-electron chi connectivity index (χ4n) is 4.48. The van der Waals surface area contributed by atoms with Crippen LogP contribution in [0.15, 0.2) is 0 Å². The van der Waals surface area contributed by atoms with E-state index in [9.17, 15) is 4.79 Å². The van der Waals surface area contributed by atoms with E-state index < -0.39 is 5.54 Å². The topological polar surface area (TPSA) is 58.4 Å². The summed E-state index contributed by atoms with van der Waals surface area (Å²) < 4.78 is 0. The largest absolute Gasteiger partial charge is 0.368 e. The molecule has 21 heavy (non-hydrogen) atoms. The lowest BCUT2D eigenvalue weighted by Crippen LogP contribution is -2.55. The van der Waals surface area contributed by atoms with E-state index in [2.05, 4.69) is 24.2 Å². The molecule has 3 aliphatic carbocycles. The molecule has 3 aliphatic rings. The molecule has 0 aromatic rings. The van der Waals surface area contributed by atoms with Crippen LogP contribution in [0.5, 0.6) is 0 Å². The first-order valence-electron chi connectivity index (χ1n) is 8.80. The molecule has 4 heteroatoms. The van der Waals surface area contributed by atoms with E-state index in [0.29, 0.717) is 18.1 Å². The molecular formula is C17H31N3O. The van der Waals surface area contributed by atoms with Gasteiger partial charge in [0.1, 0.15) is 0 Å². The van der Waals surface area contributed by atoms with E-state index in [1.165, 1.54) is 38.5 Å². The van der Waals surface area contributed by atoms with Gasteiger partial charge in [-0.2, -0.15) is 0 Å². The number of nitrogens with zero attached hydrogens (tertiary/aromatic N) is 1. The number of primary amides is 1. The van der Waals surface area contributed by atoms with Crippen molar-refractivity contribution in [3.63, 3.8) is 0 Å². The van der Waals surface area contributed by atoms with Crippen molar-refractivity contribution in [2.24, 2.45) is 11.7 Å². The molecule has 4 nitrogen and oxygen atoms in total. The first-order valence-corrected chi connectivity index (χ1v) is 8.80. The van der Waals surface area contributed by atoms with Crippen molar-refractivity contribution in [1.82, 2.24) is 10.2 Å². The minimum atomic E-state index is -0.430. The Labute approximate surface area is 128 Å². The van der Waals surface area contributed by atoms with Crippen LogP contribution in [0, 0.1) is 5.92 Å². The zero-order valence-electron chi connectivity index (χ0n) is 13.6. The summed E-state index contributed by atoms with van der Waals surface area (Å²) in [6.07, 6.45) is 10.7. The molecule has 0 aromatic carbocycles. The molecule has 4 unspecified atom stereocenters. The highest BCUT2D eigenvalue weighted by molar-refractivity contribution is 5.85. The van der Waals surface area contributed by atoms with Crippen LogP contribution in [0.1, 0.15) is 64.7 Å². The van der Waals surface area contributed by atoms with Crippen molar-refractivity contribution in [2.75, 3.05) is 7.05 Å².